The molecular weight excluding hydrogens is 506 g/mol. The average molecular weight is 551 g/mol. The van der Waals surface area contributed by atoms with E-state index in [1.165, 1.54) is 0 Å². The molecule has 1 unspecified atom stereocenters. The molecule has 0 aliphatic carbocycles. The van der Waals surface area contributed by atoms with Crippen molar-refractivity contribution in [3.63, 3.8) is 0 Å². The van der Waals surface area contributed by atoms with E-state index in [9.17, 15) is 4.79 Å². The number of likely N-dealkylation sites (tertiary alicyclic amines) is 1. The van der Waals surface area contributed by atoms with Gasteiger partial charge in [0.2, 0.25) is 9.04 Å². The van der Waals surface area contributed by atoms with Crippen molar-refractivity contribution in [3.8, 4) is 11.1 Å². The highest BCUT2D eigenvalue weighted by molar-refractivity contribution is 6.48. The first-order chi connectivity index (χ1) is 18.3. The Labute approximate surface area is 235 Å². The summed E-state index contributed by atoms with van der Waals surface area (Å²) in [5, 5.41) is 5.64. The molecule has 211 valence electrons. The van der Waals surface area contributed by atoms with E-state index in [2.05, 4.69) is 62.2 Å². The van der Waals surface area contributed by atoms with E-state index in [4.69, 9.17) is 13.7 Å². The molecule has 4 rings (SSSR count). The van der Waals surface area contributed by atoms with E-state index >= 15 is 0 Å². The fraction of sp³-hybridized carbons (Fsp3) is 0.581. The summed E-state index contributed by atoms with van der Waals surface area (Å²) in [6, 6.07) is 8.36. The minimum absolute atomic E-state index is 0.137. The van der Waals surface area contributed by atoms with Gasteiger partial charge in [-0.05, 0) is 88.6 Å². The van der Waals surface area contributed by atoms with E-state index in [0.29, 0.717) is 5.92 Å². The number of aromatic nitrogens is 2. The van der Waals surface area contributed by atoms with Gasteiger partial charge in [-0.1, -0.05) is 38.1 Å². The zero-order valence-electron chi connectivity index (χ0n) is 24.8. The monoisotopic (exact) mass is 550 g/mol. The van der Waals surface area contributed by atoms with Gasteiger partial charge in [0, 0.05) is 42.0 Å². The molecule has 1 atom stereocenters. The third-order valence-electron chi connectivity index (χ3n) is 7.18. The molecule has 1 fully saturated rings. The Kier molecular flexibility index (Phi) is 8.86. The number of carbonyl (C=O) groups is 1. The highest BCUT2D eigenvalue weighted by Crippen LogP contribution is 2.45. The van der Waals surface area contributed by atoms with Gasteiger partial charge in [0.15, 0.2) is 5.58 Å². The number of hydrogen-bond donors (Lipinski definition) is 0. The SMILES string of the molecule is C[Si](C)OC(c1c(-c2cccnc2)ccc2c(CCC3CCN(C(=O)OC(C)(C)C)CC3)noc12)C(C)(C)C. The van der Waals surface area contributed by atoms with Crippen LogP contribution in [0.5, 0.6) is 0 Å². The third kappa shape index (κ3) is 7.28. The summed E-state index contributed by atoms with van der Waals surface area (Å²) in [5.41, 5.74) is 4.38. The molecular formula is C31H44N3O4Si. The van der Waals surface area contributed by atoms with E-state index in [-0.39, 0.29) is 17.6 Å². The van der Waals surface area contributed by atoms with Crippen molar-refractivity contribution < 1.29 is 18.5 Å². The van der Waals surface area contributed by atoms with Gasteiger partial charge in [-0.25, -0.2) is 4.79 Å². The van der Waals surface area contributed by atoms with Crippen LogP contribution in [0.4, 0.5) is 4.79 Å². The number of piperidine rings is 1. The second kappa shape index (κ2) is 11.8. The molecule has 0 bridgehead atoms. The summed E-state index contributed by atoms with van der Waals surface area (Å²) in [4.78, 5) is 18.6. The van der Waals surface area contributed by atoms with Crippen LogP contribution in [0.1, 0.15) is 78.2 Å². The van der Waals surface area contributed by atoms with Gasteiger partial charge in [-0.2, -0.15) is 0 Å². The lowest BCUT2D eigenvalue weighted by atomic mass is 9.81. The second-order valence-electron chi connectivity index (χ2n) is 13.0. The van der Waals surface area contributed by atoms with Crippen LogP contribution in [0.25, 0.3) is 22.1 Å². The maximum absolute atomic E-state index is 12.4. The maximum Gasteiger partial charge on any atom is 0.410 e. The predicted molar refractivity (Wildman–Crippen MR) is 157 cm³/mol. The van der Waals surface area contributed by atoms with Crippen LogP contribution in [0.2, 0.25) is 13.1 Å². The summed E-state index contributed by atoms with van der Waals surface area (Å²) >= 11 is 0. The Morgan fingerprint density at radius 2 is 1.85 bits per heavy atom. The molecule has 2 aromatic heterocycles. The zero-order chi connectivity index (χ0) is 28.4. The van der Waals surface area contributed by atoms with Crippen molar-refractivity contribution in [1.82, 2.24) is 15.0 Å². The van der Waals surface area contributed by atoms with Crippen LogP contribution in [0.15, 0.2) is 41.2 Å². The molecule has 0 spiro atoms. The molecule has 1 aliphatic heterocycles. The van der Waals surface area contributed by atoms with Crippen molar-refractivity contribution in [1.29, 1.82) is 0 Å². The van der Waals surface area contributed by atoms with Gasteiger partial charge >= 0.3 is 6.09 Å². The molecule has 3 aromatic rings. The van der Waals surface area contributed by atoms with Gasteiger partial charge in [0.25, 0.3) is 0 Å². The van der Waals surface area contributed by atoms with Gasteiger partial charge < -0.3 is 18.6 Å². The minimum atomic E-state index is -0.981. The summed E-state index contributed by atoms with van der Waals surface area (Å²) in [6.07, 6.45) is 7.15. The number of rotatable bonds is 7. The predicted octanol–water partition coefficient (Wildman–Crippen LogP) is 7.82. The number of aryl methyl sites for hydroxylation is 1. The number of amides is 1. The van der Waals surface area contributed by atoms with Crippen molar-refractivity contribution in [3.05, 3.63) is 47.9 Å². The second-order valence-corrected chi connectivity index (χ2v) is 15.0. The van der Waals surface area contributed by atoms with Crippen LogP contribution in [-0.4, -0.2) is 48.9 Å². The van der Waals surface area contributed by atoms with Crippen LogP contribution in [0.3, 0.4) is 0 Å². The standard InChI is InChI=1S/C31H44N3O4Si/c1-30(2,3)28(38-39(7)8)26-23(22-10-9-17-32-20-22)12-13-24-25(33-37-27(24)26)14-11-21-15-18-34(19-16-21)29(35)36-31(4,5)6/h9-10,12-13,17,20-21,28H,11,14-16,18-19H2,1-8H3. The van der Waals surface area contributed by atoms with Crippen LogP contribution >= 0.6 is 0 Å². The first kappa shape index (κ1) is 29.3. The third-order valence-corrected chi connectivity index (χ3v) is 7.89. The Hall–Kier alpha value is -2.71. The highest BCUT2D eigenvalue weighted by atomic mass is 28.3. The Balaban J connectivity index is 1.57. The van der Waals surface area contributed by atoms with Crippen molar-refractivity contribution in [2.45, 2.75) is 92.0 Å². The number of fused-ring (bicyclic) bond motifs is 1. The maximum atomic E-state index is 12.4. The molecule has 1 saturated heterocycles. The highest BCUT2D eigenvalue weighted by Gasteiger charge is 2.34. The number of hydrogen-bond acceptors (Lipinski definition) is 6. The Morgan fingerprint density at radius 1 is 1.13 bits per heavy atom. The number of pyridine rings is 1. The van der Waals surface area contributed by atoms with Crippen LogP contribution in [-0.2, 0) is 15.6 Å². The van der Waals surface area contributed by atoms with Gasteiger partial charge in [0.1, 0.15) is 5.60 Å². The molecule has 8 heteroatoms. The van der Waals surface area contributed by atoms with Crippen LogP contribution < -0.4 is 0 Å². The molecule has 1 amide bonds. The smallest absolute Gasteiger partial charge is 0.410 e. The van der Waals surface area contributed by atoms with E-state index < -0.39 is 14.6 Å². The van der Waals surface area contributed by atoms with Gasteiger partial charge in [-0.3, -0.25) is 4.98 Å². The molecule has 0 N–H and O–H groups in total. The number of carbonyl (C=O) groups excluding carboxylic acids is 1. The molecule has 1 radical (unpaired) electrons. The molecule has 39 heavy (non-hydrogen) atoms. The molecule has 3 heterocycles. The van der Waals surface area contributed by atoms with Crippen molar-refractivity contribution >= 4 is 26.1 Å². The Morgan fingerprint density at radius 3 is 2.44 bits per heavy atom. The van der Waals surface area contributed by atoms with Crippen molar-refractivity contribution in [2.24, 2.45) is 11.3 Å². The van der Waals surface area contributed by atoms with Crippen LogP contribution in [0, 0.1) is 11.3 Å². The quantitative estimate of drug-likeness (QED) is 0.279. The molecule has 1 aliphatic rings. The van der Waals surface area contributed by atoms with E-state index in [1.54, 1.807) is 6.20 Å². The molecule has 0 saturated carbocycles. The van der Waals surface area contributed by atoms with Crippen molar-refractivity contribution in [2.75, 3.05) is 13.1 Å². The summed E-state index contributed by atoms with van der Waals surface area (Å²) in [5.74, 6) is 0.542. The van der Waals surface area contributed by atoms with E-state index in [0.717, 1.165) is 72.1 Å². The minimum Gasteiger partial charge on any atom is -0.444 e. The lowest BCUT2D eigenvalue weighted by Gasteiger charge is -2.34. The normalized spacial score (nSPS) is 16.2. The summed E-state index contributed by atoms with van der Waals surface area (Å²) in [7, 11) is -0.981. The topological polar surface area (TPSA) is 77.7 Å². The fourth-order valence-corrected chi connectivity index (χ4v) is 6.21. The molecule has 1 aromatic carbocycles. The summed E-state index contributed by atoms with van der Waals surface area (Å²) in [6.45, 7) is 18.2. The number of nitrogens with zero attached hydrogens (tertiary/aromatic N) is 3. The average Bonchev–Trinajstić information content (AvgIpc) is 3.28. The van der Waals surface area contributed by atoms with E-state index in [1.807, 2.05) is 37.9 Å². The first-order valence-corrected chi connectivity index (χ1v) is 16.5. The van der Waals surface area contributed by atoms with Gasteiger partial charge in [0.05, 0.1) is 11.8 Å². The lowest BCUT2D eigenvalue weighted by Crippen LogP contribution is -2.41. The summed E-state index contributed by atoms with van der Waals surface area (Å²) < 4.78 is 18.3. The first-order valence-electron chi connectivity index (χ1n) is 14.1. The fourth-order valence-electron chi connectivity index (χ4n) is 5.27. The number of ether oxygens (including phenoxy) is 1. The zero-order valence-corrected chi connectivity index (χ0v) is 25.8. The number of benzene rings is 1. The largest absolute Gasteiger partial charge is 0.444 e. The lowest BCUT2D eigenvalue weighted by molar-refractivity contribution is 0.0181. The molecule has 7 nitrogen and oxygen atoms in total. The van der Waals surface area contributed by atoms with Gasteiger partial charge in [-0.15, -0.1) is 0 Å². The Bertz CT molecular complexity index is 1250.